The minimum Gasteiger partial charge on any atom is -0.510 e. The molecular formula is C19H20N4O6. The van der Waals surface area contributed by atoms with Gasteiger partial charge in [0, 0.05) is 17.3 Å². The number of hydrogen-bond donors (Lipinski definition) is 3. The fourth-order valence-corrected chi connectivity index (χ4v) is 2.41. The summed E-state index contributed by atoms with van der Waals surface area (Å²) in [6.45, 7) is 2.82. The van der Waals surface area contributed by atoms with Crippen molar-refractivity contribution in [2.24, 2.45) is 10.2 Å². The van der Waals surface area contributed by atoms with Crippen LogP contribution >= 0.6 is 0 Å². The number of allylic oxidation sites excluding steroid dienone is 1. The van der Waals surface area contributed by atoms with Crippen LogP contribution in [0, 0.1) is 10.1 Å². The van der Waals surface area contributed by atoms with E-state index in [0.29, 0.717) is 11.3 Å². The van der Waals surface area contributed by atoms with Gasteiger partial charge in [-0.05, 0) is 26.0 Å². The van der Waals surface area contributed by atoms with Gasteiger partial charge in [-0.2, -0.15) is 0 Å². The minimum atomic E-state index is -0.819. The number of anilines is 1. The highest BCUT2D eigenvalue weighted by Crippen LogP contribution is 2.32. The van der Waals surface area contributed by atoms with Crippen molar-refractivity contribution in [2.45, 2.75) is 20.0 Å². The smallest absolute Gasteiger partial charge is 0.279 e. The van der Waals surface area contributed by atoms with Crippen molar-refractivity contribution in [1.82, 2.24) is 0 Å². The van der Waals surface area contributed by atoms with E-state index in [1.165, 1.54) is 32.2 Å². The lowest BCUT2D eigenvalue weighted by Crippen LogP contribution is -2.16. The molecule has 1 unspecified atom stereocenters. The molecule has 0 aromatic heterocycles. The number of nitro benzene ring substituents is 1. The molecular weight excluding hydrogens is 380 g/mol. The van der Waals surface area contributed by atoms with E-state index in [4.69, 9.17) is 4.74 Å². The molecule has 0 bridgehead atoms. The first-order chi connectivity index (χ1) is 13.7. The molecule has 0 spiro atoms. The number of benzene rings is 2. The van der Waals surface area contributed by atoms with Gasteiger partial charge in [-0.3, -0.25) is 14.9 Å². The summed E-state index contributed by atoms with van der Waals surface area (Å²) in [6.07, 6.45) is -0.819. The van der Waals surface area contributed by atoms with Gasteiger partial charge in [-0.25, -0.2) is 0 Å². The number of aliphatic hydroxyl groups excluding tert-OH is 2. The third-order valence-corrected chi connectivity index (χ3v) is 3.85. The normalized spacial score (nSPS) is 13.0. The van der Waals surface area contributed by atoms with Gasteiger partial charge in [0.1, 0.15) is 11.4 Å². The molecule has 10 nitrogen and oxygen atoms in total. The number of aliphatic hydroxyl groups is 2. The van der Waals surface area contributed by atoms with Crippen LogP contribution in [0.4, 0.5) is 17.1 Å². The van der Waals surface area contributed by atoms with Gasteiger partial charge in [0.05, 0.1) is 24.2 Å². The Bertz CT molecular complexity index is 980. The van der Waals surface area contributed by atoms with E-state index in [1.807, 2.05) is 0 Å². The van der Waals surface area contributed by atoms with Crippen molar-refractivity contribution in [3.63, 3.8) is 0 Å². The van der Waals surface area contributed by atoms with Crippen molar-refractivity contribution < 1.29 is 24.7 Å². The van der Waals surface area contributed by atoms with Crippen LogP contribution in [-0.2, 0) is 4.79 Å². The molecule has 29 heavy (non-hydrogen) atoms. The summed E-state index contributed by atoms with van der Waals surface area (Å²) < 4.78 is 5.06. The number of nitrogens with one attached hydrogen (secondary N) is 1. The molecule has 0 aliphatic heterocycles. The maximum atomic E-state index is 12.6. The zero-order chi connectivity index (χ0) is 21.6. The van der Waals surface area contributed by atoms with Crippen LogP contribution in [-0.4, -0.2) is 28.2 Å². The Balaban J connectivity index is 2.31. The summed E-state index contributed by atoms with van der Waals surface area (Å²) >= 11 is 0. The highest BCUT2D eigenvalue weighted by Gasteiger charge is 2.17. The molecule has 0 saturated heterocycles. The maximum Gasteiger partial charge on any atom is 0.279 e. The molecule has 0 fully saturated rings. The van der Waals surface area contributed by atoms with E-state index in [1.54, 1.807) is 31.2 Å². The SMILES string of the molecule is COc1cc([N+](=O)[O-])ccc1N=N/C(C(=O)Nc1ccccc1C(C)O)=C(/C)O. The first-order valence-electron chi connectivity index (χ1n) is 8.47. The number of nitro groups is 1. The monoisotopic (exact) mass is 400 g/mol. The fraction of sp³-hybridized carbons (Fsp3) is 0.211. The third kappa shape index (κ3) is 5.36. The quantitative estimate of drug-likeness (QED) is 0.209. The average molecular weight is 400 g/mol. The molecule has 0 aliphatic rings. The zero-order valence-electron chi connectivity index (χ0n) is 16.0. The van der Waals surface area contributed by atoms with E-state index < -0.39 is 16.9 Å². The van der Waals surface area contributed by atoms with Crippen LogP contribution in [0.25, 0.3) is 0 Å². The number of rotatable bonds is 7. The number of nitrogens with zero attached hydrogens (tertiary/aromatic N) is 3. The highest BCUT2D eigenvalue weighted by atomic mass is 16.6. The Labute approximate surface area is 166 Å². The number of non-ortho nitro benzene ring substituents is 1. The lowest BCUT2D eigenvalue weighted by molar-refractivity contribution is -0.384. The Morgan fingerprint density at radius 1 is 1.28 bits per heavy atom. The van der Waals surface area contributed by atoms with E-state index in [2.05, 4.69) is 15.5 Å². The second-order valence-corrected chi connectivity index (χ2v) is 5.96. The van der Waals surface area contributed by atoms with Gasteiger partial charge in [0.15, 0.2) is 11.4 Å². The average Bonchev–Trinajstić information content (AvgIpc) is 2.68. The lowest BCUT2D eigenvalue weighted by Gasteiger charge is -2.13. The Morgan fingerprint density at radius 2 is 1.97 bits per heavy atom. The number of methoxy groups -OCH3 is 1. The largest absolute Gasteiger partial charge is 0.510 e. The molecule has 0 saturated carbocycles. The van der Waals surface area contributed by atoms with E-state index in [9.17, 15) is 25.1 Å². The molecule has 0 radical (unpaired) electrons. The summed E-state index contributed by atoms with van der Waals surface area (Å²) in [5, 5.41) is 40.8. The second kappa shape index (κ2) is 9.42. The Hall–Kier alpha value is -3.79. The number of carbonyl (C=O) groups excluding carboxylic acids is 1. The first-order valence-corrected chi connectivity index (χ1v) is 8.47. The van der Waals surface area contributed by atoms with Crippen LogP contribution in [0.5, 0.6) is 5.75 Å². The van der Waals surface area contributed by atoms with Gasteiger partial charge < -0.3 is 20.3 Å². The van der Waals surface area contributed by atoms with Crippen molar-refractivity contribution >= 4 is 23.0 Å². The first kappa shape index (κ1) is 21.5. The summed E-state index contributed by atoms with van der Waals surface area (Å²) in [5.41, 5.74) is 0.418. The van der Waals surface area contributed by atoms with Crippen molar-refractivity contribution in [3.8, 4) is 5.75 Å². The molecule has 2 rings (SSSR count). The van der Waals surface area contributed by atoms with Gasteiger partial charge in [0.25, 0.3) is 11.6 Å². The van der Waals surface area contributed by atoms with Crippen LogP contribution < -0.4 is 10.1 Å². The molecule has 1 atom stereocenters. The molecule has 1 amide bonds. The topological polar surface area (TPSA) is 147 Å². The summed E-state index contributed by atoms with van der Waals surface area (Å²) in [7, 11) is 1.31. The number of azo groups is 1. The standard InChI is InChI=1S/C19H20N4O6/c1-11(24)14-6-4-5-7-15(14)20-19(26)18(12(2)25)22-21-16-9-8-13(23(27)28)10-17(16)29-3/h4-11,24-25H,1-3H3,(H,20,26)/b18-12-,22-21?. The summed E-state index contributed by atoms with van der Waals surface area (Å²) in [6, 6.07) is 10.3. The van der Waals surface area contributed by atoms with Crippen LogP contribution in [0.15, 0.2) is 64.1 Å². The number of hydrogen-bond acceptors (Lipinski definition) is 8. The molecule has 2 aromatic rings. The van der Waals surface area contributed by atoms with Crippen molar-refractivity contribution in [1.29, 1.82) is 0 Å². The summed E-state index contributed by atoms with van der Waals surface area (Å²) in [5.74, 6) is -1.05. The van der Waals surface area contributed by atoms with E-state index in [0.717, 1.165) is 0 Å². The Morgan fingerprint density at radius 3 is 2.55 bits per heavy atom. The third-order valence-electron chi connectivity index (χ3n) is 3.85. The second-order valence-electron chi connectivity index (χ2n) is 5.96. The van der Waals surface area contributed by atoms with Gasteiger partial charge >= 0.3 is 0 Å². The molecule has 3 N–H and O–H groups in total. The van der Waals surface area contributed by atoms with Gasteiger partial charge in [-0.15, -0.1) is 10.2 Å². The van der Waals surface area contributed by atoms with Crippen molar-refractivity contribution in [2.75, 3.05) is 12.4 Å². The number of amides is 1. The molecule has 152 valence electrons. The predicted molar refractivity (Wildman–Crippen MR) is 105 cm³/mol. The van der Waals surface area contributed by atoms with E-state index in [-0.39, 0.29) is 28.6 Å². The van der Waals surface area contributed by atoms with Crippen molar-refractivity contribution in [3.05, 3.63) is 69.6 Å². The van der Waals surface area contributed by atoms with Gasteiger partial charge in [-0.1, -0.05) is 18.2 Å². The zero-order valence-corrected chi connectivity index (χ0v) is 16.0. The molecule has 10 heteroatoms. The lowest BCUT2D eigenvalue weighted by atomic mass is 10.1. The minimum absolute atomic E-state index is 0.0813. The van der Waals surface area contributed by atoms with E-state index >= 15 is 0 Å². The summed E-state index contributed by atoms with van der Waals surface area (Å²) in [4.78, 5) is 22.8. The number of ether oxygens (including phenoxy) is 1. The molecule has 0 aliphatic carbocycles. The maximum absolute atomic E-state index is 12.6. The number of para-hydroxylation sites is 1. The van der Waals surface area contributed by atoms with Gasteiger partial charge in [0.2, 0.25) is 0 Å². The predicted octanol–water partition coefficient (Wildman–Crippen LogP) is 4.17. The van der Waals surface area contributed by atoms with Crippen LogP contribution in [0.2, 0.25) is 0 Å². The van der Waals surface area contributed by atoms with Crippen LogP contribution in [0.1, 0.15) is 25.5 Å². The Kier molecular flexibility index (Phi) is 6.99. The highest BCUT2D eigenvalue weighted by molar-refractivity contribution is 6.04. The number of carbonyl (C=O) groups is 1. The molecule has 0 heterocycles. The molecule has 2 aromatic carbocycles. The fourth-order valence-electron chi connectivity index (χ4n) is 2.41. The van der Waals surface area contributed by atoms with Crippen LogP contribution in [0.3, 0.4) is 0 Å².